The van der Waals surface area contributed by atoms with Crippen molar-refractivity contribution in [2.45, 2.75) is 12.3 Å². The fraction of sp³-hybridized carbons (Fsp3) is 0.211. The molecule has 0 aliphatic carbocycles. The molecule has 0 N–H and O–H groups in total. The Hall–Kier alpha value is -2.66. The number of aromatic nitrogens is 2. The van der Waals surface area contributed by atoms with Gasteiger partial charge in [-0.15, -0.1) is 10.2 Å². The van der Waals surface area contributed by atoms with E-state index in [9.17, 15) is 4.79 Å². The molecular formula is C19H16ClN3O2. The van der Waals surface area contributed by atoms with Crippen LogP contribution in [0.2, 0.25) is 5.02 Å². The Morgan fingerprint density at radius 1 is 1.08 bits per heavy atom. The number of hydrogen-bond acceptors (Lipinski definition) is 4. The van der Waals surface area contributed by atoms with Gasteiger partial charge in [0.25, 0.3) is 5.91 Å². The molecule has 2 heterocycles. The first-order valence-corrected chi connectivity index (χ1v) is 8.52. The summed E-state index contributed by atoms with van der Waals surface area (Å²) < 4.78 is 5.82. The van der Waals surface area contributed by atoms with Gasteiger partial charge in [-0.1, -0.05) is 29.8 Å². The van der Waals surface area contributed by atoms with Crippen molar-refractivity contribution in [1.82, 2.24) is 15.1 Å². The fourth-order valence-corrected chi connectivity index (χ4v) is 3.14. The Kier molecular flexibility index (Phi) is 4.24. The molecule has 1 atom stereocenters. The van der Waals surface area contributed by atoms with Gasteiger partial charge in [-0.05, 0) is 42.8 Å². The molecule has 2 aromatic carbocycles. The van der Waals surface area contributed by atoms with Crippen molar-refractivity contribution in [3.05, 3.63) is 71.1 Å². The molecule has 1 saturated heterocycles. The molecule has 1 aliphatic rings. The number of hydrogen-bond donors (Lipinski definition) is 0. The highest BCUT2D eigenvalue weighted by Crippen LogP contribution is 2.29. The third-order valence-electron chi connectivity index (χ3n) is 4.38. The predicted octanol–water partition coefficient (Wildman–Crippen LogP) is 4.02. The fourth-order valence-electron chi connectivity index (χ4n) is 3.02. The SMILES string of the molecule is O=C(c1ccccc1)N1CCC(c2nnc(-c3ccc(Cl)cc3)o2)C1. The zero-order chi connectivity index (χ0) is 17.2. The molecule has 1 aliphatic heterocycles. The van der Waals surface area contributed by atoms with Crippen LogP contribution in [0.15, 0.2) is 59.0 Å². The van der Waals surface area contributed by atoms with Crippen molar-refractivity contribution < 1.29 is 9.21 Å². The number of benzene rings is 2. The van der Waals surface area contributed by atoms with E-state index in [0.717, 1.165) is 12.0 Å². The van der Waals surface area contributed by atoms with Crippen molar-refractivity contribution in [2.24, 2.45) is 0 Å². The number of carbonyl (C=O) groups is 1. The standard InChI is InChI=1S/C19H16ClN3O2/c20-16-8-6-13(7-9-16)17-21-22-18(25-17)15-10-11-23(12-15)19(24)14-4-2-1-3-5-14/h1-9,15H,10-12H2. The third kappa shape index (κ3) is 3.28. The van der Waals surface area contributed by atoms with E-state index in [1.165, 1.54) is 0 Å². The van der Waals surface area contributed by atoms with Gasteiger partial charge in [0.05, 0.1) is 5.92 Å². The van der Waals surface area contributed by atoms with E-state index in [-0.39, 0.29) is 11.8 Å². The highest BCUT2D eigenvalue weighted by Gasteiger charge is 2.31. The van der Waals surface area contributed by atoms with Gasteiger partial charge in [0.2, 0.25) is 11.8 Å². The number of nitrogens with zero attached hydrogens (tertiary/aromatic N) is 3. The van der Waals surface area contributed by atoms with Crippen molar-refractivity contribution in [2.75, 3.05) is 13.1 Å². The van der Waals surface area contributed by atoms with E-state index in [1.807, 2.05) is 47.4 Å². The summed E-state index contributed by atoms with van der Waals surface area (Å²) in [4.78, 5) is 14.4. The molecule has 0 bridgehead atoms. The lowest BCUT2D eigenvalue weighted by Gasteiger charge is -2.15. The first-order valence-electron chi connectivity index (χ1n) is 8.14. The number of amides is 1. The van der Waals surface area contributed by atoms with Gasteiger partial charge in [-0.25, -0.2) is 0 Å². The first-order chi connectivity index (χ1) is 12.2. The topological polar surface area (TPSA) is 59.2 Å². The molecule has 4 rings (SSSR count). The third-order valence-corrected chi connectivity index (χ3v) is 4.63. The van der Waals surface area contributed by atoms with E-state index >= 15 is 0 Å². The van der Waals surface area contributed by atoms with E-state index < -0.39 is 0 Å². The highest BCUT2D eigenvalue weighted by molar-refractivity contribution is 6.30. The van der Waals surface area contributed by atoms with Gasteiger partial charge in [0.1, 0.15) is 0 Å². The molecule has 0 saturated carbocycles. The second-order valence-electron chi connectivity index (χ2n) is 6.06. The Morgan fingerprint density at radius 2 is 1.84 bits per heavy atom. The molecule has 0 spiro atoms. The number of halogens is 1. The van der Waals surface area contributed by atoms with Gasteiger partial charge in [0, 0.05) is 29.2 Å². The monoisotopic (exact) mass is 353 g/mol. The average molecular weight is 354 g/mol. The van der Waals surface area contributed by atoms with Crippen LogP contribution in [0.4, 0.5) is 0 Å². The van der Waals surface area contributed by atoms with Crippen molar-refractivity contribution >= 4 is 17.5 Å². The van der Waals surface area contributed by atoms with Gasteiger partial charge in [0.15, 0.2) is 0 Å². The van der Waals surface area contributed by atoms with E-state index in [1.54, 1.807) is 12.1 Å². The Bertz CT molecular complexity index is 877. The van der Waals surface area contributed by atoms with Crippen LogP contribution in [-0.4, -0.2) is 34.1 Å². The zero-order valence-electron chi connectivity index (χ0n) is 13.4. The normalized spacial score (nSPS) is 17.0. The summed E-state index contributed by atoms with van der Waals surface area (Å²) in [6, 6.07) is 16.6. The lowest BCUT2D eigenvalue weighted by atomic mass is 10.1. The first kappa shape index (κ1) is 15.8. The van der Waals surface area contributed by atoms with Gasteiger partial charge in [-0.3, -0.25) is 4.79 Å². The maximum absolute atomic E-state index is 12.5. The lowest BCUT2D eigenvalue weighted by molar-refractivity contribution is 0.0790. The molecule has 0 radical (unpaired) electrons. The van der Waals surface area contributed by atoms with Crippen LogP contribution in [0.5, 0.6) is 0 Å². The van der Waals surface area contributed by atoms with Crippen LogP contribution in [0, 0.1) is 0 Å². The smallest absolute Gasteiger partial charge is 0.253 e. The maximum Gasteiger partial charge on any atom is 0.253 e. The number of rotatable bonds is 3. The minimum absolute atomic E-state index is 0.0422. The Labute approximate surface area is 150 Å². The van der Waals surface area contributed by atoms with Gasteiger partial charge >= 0.3 is 0 Å². The van der Waals surface area contributed by atoms with Gasteiger partial charge in [-0.2, -0.15) is 0 Å². The van der Waals surface area contributed by atoms with Crippen LogP contribution >= 0.6 is 11.6 Å². The Balaban J connectivity index is 1.47. The van der Waals surface area contributed by atoms with E-state index in [2.05, 4.69) is 10.2 Å². The summed E-state index contributed by atoms with van der Waals surface area (Å²) in [5.41, 5.74) is 1.54. The molecule has 3 aromatic rings. The molecule has 126 valence electrons. The average Bonchev–Trinajstić information content (AvgIpc) is 3.32. The molecule has 5 nitrogen and oxygen atoms in total. The molecule has 1 unspecified atom stereocenters. The van der Waals surface area contributed by atoms with Crippen LogP contribution in [0.25, 0.3) is 11.5 Å². The summed E-state index contributed by atoms with van der Waals surface area (Å²) in [5.74, 6) is 1.16. The second-order valence-corrected chi connectivity index (χ2v) is 6.49. The van der Waals surface area contributed by atoms with Crippen LogP contribution in [0.3, 0.4) is 0 Å². The molecular weight excluding hydrogens is 338 g/mol. The minimum Gasteiger partial charge on any atom is -0.420 e. The number of carbonyl (C=O) groups excluding carboxylic acids is 1. The summed E-state index contributed by atoms with van der Waals surface area (Å²) in [7, 11) is 0. The maximum atomic E-state index is 12.5. The van der Waals surface area contributed by atoms with E-state index in [0.29, 0.717) is 35.5 Å². The molecule has 6 heteroatoms. The summed E-state index contributed by atoms with van der Waals surface area (Å²) >= 11 is 5.90. The van der Waals surface area contributed by atoms with E-state index in [4.69, 9.17) is 16.0 Å². The minimum atomic E-state index is 0.0422. The largest absolute Gasteiger partial charge is 0.420 e. The summed E-state index contributed by atoms with van der Waals surface area (Å²) in [6.07, 6.45) is 0.820. The summed E-state index contributed by atoms with van der Waals surface area (Å²) in [5, 5.41) is 8.96. The predicted molar refractivity (Wildman–Crippen MR) is 94.4 cm³/mol. The highest BCUT2D eigenvalue weighted by atomic mass is 35.5. The molecule has 25 heavy (non-hydrogen) atoms. The zero-order valence-corrected chi connectivity index (χ0v) is 14.2. The lowest BCUT2D eigenvalue weighted by Crippen LogP contribution is -2.28. The van der Waals surface area contributed by atoms with Gasteiger partial charge < -0.3 is 9.32 Å². The van der Waals surface area contributed by atoms with Crippen molar-refractivity contribution in [1.29, 1.82) is 0 Å². The summed E-state index contributed by atoms with van der Waals surface area (Å²) in [6.45, 7) is 1.28. The molecule has 1 amide bonds. The molecule has 1 aromatic heterocycles. The quantitative estimate of drug-likeness (QED) is 0.713. The van der Waals surface area contributed by atoms with Crippen molar-refractivity contribution in [3.63, 3.8) is 0 Å². The number of likely N-dealkylation sites (tertiary alicyclic amines) is 1. The second kappa shape index (κ2) is 6.69. The van der Waals surface area contributed by atoms with Crippen LogP contribution < -0.4 is 0 Å². The van der Waals surface area contributed by atoms with Crippen LogP contribution in [-0.2, 0) is 0 Å². The Morgan fingerprint density at radius 3 is 2.60 bits per heavy atom. The molecule has 1 fully saturated rings. The van der Waals surface area contributed by atoms with Crippen LogP contribution in [0.1, 0.15) is 28.6 Å². The van der Waals surface area contributed by atoms with Crippen molar-refractivity contribution in [3.8, 4) is 11.5 Å².